The summed E-state index contributed by atoms with van der Waals surface area (Å²) in [5.74, 6) is -0.451. The summed E-state index contributed by atoms with van der Waals surface area (Å²) in [5.41, 5.74) is 1.63. The highest BCUT2D eigenvalue weighted by atomic mass is 16.5. The Kier molecular flexibility index (Phi) is 6.59. The van der Waals surface area contributed by atoms with Crippen molar-refractivity contribution in [2.45, 2.75) is 39.7 Å². The molecule has 1 amide bonds. The van der Waals surface area contributed by atoms with E-state index < -0.39 is 5.97 Å². The molecule has 1 aromatic carbocycles. The van der Waals surface area contributed by atoms with Crippen LogP contribution in [0, 0.1) is 0 Å². The monoisotopic (exact) mass is 396 g/mol. The molecule has 154 valence electrons. The van der Waals surface area contributed by atoms with E-state index in [4.69, 9.17) is 4.74 Å². The Labute approximate surface area is 171 Å². The minimum atomic E-state index is -0.553. The molecule has 0 radical (unpaired) electrons. The van der Waals surface area contributed by atoms with Crippen molar-refractivity contribution in [1.29, 1.82) is 0 Å². The summed E-state index contributed by atoms with van der Waals surface area (Å²) >= 11 is 0. The predicted molar refractivity (Wildman–Crippen MR) is 111 cm³/mol. The first-order valence-corrected chi connectivity index (χ1v) is 10.1. The van der Waals surface area contributed by atoms with Gasteiger partial charge in [-0.05, 0) is 19.8 Å². The smallest absolute Gasteiger partial charge is 0.342 e. The SMILES string of the molecule is CCOC(=O)c1c(C(=O)N2CCNC(C)C2)nc(-c2ccccc2)nc1C(C)C. The highest BCUT2D eigenvalue weighted by Gasteiger charge is 2.31. The molecular formula is C22H28N4O3. The second kappa shape index (κ2) is 9.13. The van der Waals surface area contributed by atoms with Crippen LogP contribution in [0.5, 0.6) is 0 Å². The topological polar surface area (TPSA) is 84.4 Å². The number of carbonyl (C=O) groups is 2. The summed E-state index contributed by atoms with van der Waals surface area (Å²) in [7, 11) is 0. The molecule has 0 aliphatic carbocycles. The first-order chi connectivity index (χ1) is 13.9. The summed E-state index contributed by atoms with van der Waals surface area (Å²) in [6.07, 6.45) is 0. The van der Waals surface area contributed by atoms with E-state index in [-0.39, 0.29) is 35.7 Å². The van der Waals surface area contributed by atoms with Crippen molar-refractivity contribution in [1.82, 2.24) is 20.2 Å². The molecule has 0 saturated carbocycles. The fourth-order valence-electron chi connectivity index (χ4n) is 3.44. The van der Waals surface area contributed by atoms with Gasteiger partial charge in [0.1, 0.15) is 11.3 Å². The Morgan fingerprint density at radius 3 is 2.59 bits per heavy atom. The zero-order valence-corrected chi connectivity index (χ0v) is 17.4. The molecule has 1 aromatic heterocycles. The Bertz CT molecular complexity index is 883. The summed E-state index contributed by atoms with van der Waals surface area (Å²) in [6, 6.07) is 9.67. The second-order valence-corrected chi connectivity index (χ2v) is 7.50. The first kappa shape index (κ1) is 20.9. The molecule has 1 fully saturated rings. The fourth-order valence-corrected chi connectivity index (χ4v) is 3.44. The van der Waals surface area contributed by atoms with Crippen molar-refractivity contribution in [3.05, 3.63) is 47.3 Å². The minimum absolute atomic E-state index is 0.0756. The molecule has 2 heterocycles. The highest BCUT2D eigenvalue weighted by Crippen LogP contribution is 2.26. The molecule has 29 heavy (non-hydrogen) atoms. The van der Waals surface area contributed by atoms with Gasteiger partial charge in [-0.25, -0.2) is 14.8 Å². The summed E-state index contributed by atoms with van der Waals surface area (Å²) in [6.45, 7) is 9.70. The largest absolute Gasteiger partial charge is 0.462 e. The van der Waals surface area contributed by atoms with Crippen LogP contribution < -0.4 is 5.32 Å². The Morgan fingerprint density at radius 1 is 1.24 bits per heavy atom. The van der Waals surface area contributed by atoms with Gasteiger partial charge >= 0.3 is 5.97 Å². The molecule has 1 aliphatic heterocycles. The maximum atomic E-state index is 13.4. The van der Waals surface area contributed by atoms with E-state index in [0.29, 0.717) is 31.2 Å². The van der Waals surface area contributed by atoms with Gasteiger partial charge in [0.2, 0.25) is 0 Å². The van der Waals surface area contributed by atoms with Crippen LogP contribution in [0.3, 0.4) is 0 Å². The molecule has 7 nitrogen and oxygen atoms in total. The van der Waals surface area contributed by atoms with Crippen LogP contribution in [0.25, 0.3) is 11.4 Å². The van der Waals surface area contributed by atoms with Crippen molar-refractivity contribution in [3.8, 4) is 11.4 Å². The van der Waals surface area contributed by atoms with Crippen molar-refractivity contribution >= 4 is 11.9 Å². The van der Waals surface area contributed by atoms with E-state index in [1.165, 1.54) is 0 Å². The lowest BCUT2D eigenvalue weighted by molar-refractivity contribution is 0.0512. The van der Waals surface area contributed by atoms with Crippen LogP contribution >= 0.6 is 0 Å². The molecule has 0 bridgehead atoms. The van der Waals surface area contributed by atoms with Gasteiger partial charge in [0, 0.05) is 31.2 Å². The number of hydrogen-bond acceptors (Lipinski definition) is 6. The molecule has 1 atom stereocenters. The number of nitrogens with zero attached hydrogens (tertiary/aromatic N) is 3. The Morgan fingerprint density at radius 2 is 1.97 bits per heavy atom. The van der Waals surface area contributed by atoms with E-state index in [0.717, 1.165) is 5.56 Å². The van der Waals surface area contributed by atoms with E-state index in [9.17, 15) is 9.59 Å². The average Bonchev–Trinajstić information content (AvgIpc) is 2.73. The quantitative estimate of drug-likeness (QED) is 0.783. The zero-order valence-electron chi connectivity index (χ0n) is 17.4. The van der Waals surface area contributed by atoms with Gasteiger partial charge in [-0.1, -0.05) is 44.2 Å². The molecular weight excluding hydrogens is 368 g/mol. The molecule has 1 saturated heterocycles. The second-order valence-electron chi connectivity index (χ2n) is 7.50. The molecule has 2 aromatic rings. The number of rotatable bonds is 5. The van der Waals surface area contributed by atoms with E-state index in [2.05, 4.69) is 15.3 Å². The standard InChI is InChI=1S/C22H28N4O3/c1-5-29-22(28)17-18(14(2)3)24-20(16-9-7-6-8-10-16)25-19(17)21(27)26-12-11-23-15(4)13-26/h6-10,14-15,23H,5,11-13H2,1-4H3. The Hall–Kier alpha value is -2.80. The molecule has 1 N–H and O–H groups in total. The number of carbonyl (C=O) groups excluding carboxylic acids is 2. The molecule has 1 aliphatic rings. The number of nitrogens with one attached hydrogen (secondary N) is 1. The fraction of sp³-hybridized carbons (Fsp3) is 0.455. The van der Waals surface area contributed by atoms with Gasteiger partial charge in [-0.2, -0.15) is 0 Å². The molecule has 0 spiro atoms. The zero-order chi connectivity index (χ0) is 21.0. The number of ether oxygens (including phenoxy) is 1. The van der Waals surface area contributed by atoms with E-state index in [1.807, 2.05) is 51.1 Å². The van der Waals surface area contributed by atoms with Crippen LogP contribution in [0.4, 0.5) is 0 Å². The van der Waals surface area contributed by atoms with E-state index in [1.54, 1.807) is 11.8 Å². The lowest BCUT2D eigenvalue weighted by Gasteiger charge is -2.32. The van der Waals surface area contributed by atoms with Gasteiger partial charge in [0.05, 0.1) is 12.3 Å². The van der Waals surface area contributed by atoms with Crippen LogP contribution in [0.15, 0.2) is 30.3 Å². The maximum absolute atomic E-state index is 13.4. The number of piperazine rings is 1. The Balaban J connectivity index is 2.17. The summed E-state index contributed by atoms with van der Waals surface area (Å²) in [5, 5.41) is 3.32. The lowest BCUT2D eigenvalue weighted by Crippen LogP contribution is -2.51. The van der Waals surface area contributed by atoms with Gasteiger partial charge < -0.3 is 15.0 Å². The third-order valence-corrected chi connectivity index (χ3v) is 4.85. The summed E-state index contributed by atoms with van der Waals surface area (Å²) in [4.78, 5) is 37.2. The predicted octanol–water partition coefficient (Wildman–Crippen LogP) is 2.88. The van der Waals surface area contributed by atoms with Crippen LogP contribution in [-0.4, -0.2) is 59.0 Å². The number of esters is 1. The number of amides is 1. The maximum Gasteiger partial charge on any atom is 0.342 e. The normalized spacial score (nSPS) is 16.7. The van der Waals surface area contributed by atoms with Crippen LogP contribution in [-0.2, 0) is 4.74 Å². The average molecular weight is 396 g/mol. The summed E-state index contributed by atoms with van der Waals surface area (Å²) < 4.78 is 5.26. The van der Waals surface area contributed by atoms with Gasteiger partial charge in [-0.3, -0.25) is 4.79 Å². The van der Waals surface area contributed by atoms with Gasteiger partial charge in [0.25, 0.3) is 5.91 Å². The van der Waals surface area contributed by atoms with Crippen molar-refractivity contribution in [2.24, 2.45) is 0 Å². The number of aromatic nitrogens is 2. The lowest BCUT2D eigenvalue weighted by atomic mass is 10.0. The first-order valence-electron chi connectivity index (χ1n) is 10.1. The minimum Gasteiger partial charge on any atom is -0.462 e. The van der Waals surface area contributed by atoms with Crippen molar-refractivity contribution in [3.63, 3.8) is 0 Å². The van der Waals surface area contributed by atoms with Crippen molar-refractivity contribution < 1.29 is 14.3 Å². The van der Waals surface area contributed by atoms with Gasteiger partial charge in [0.15, 0.2) is 5.82 Å². The number of hydrogen-bond donors (Lipinski definition) is 1. The molecule has 1 unspecified atom stereocenters. The third-order valence-electron chi connectivity index (χ3n) is 4.85. The van der Waals surface area contributed by atoms with E-state index >= 15 is 0 Å². The highest BCUT2D eigenvalue weighted by molar-refractivity contribution is 6.05. The number of benzene rings is 1. The van der Waals surface area contributed by atoms with Crippen molar-refractivity contribution in [2.75, 3.05) is 26.2 Å². The van der Waals surface area contributed by atoms with Gasteiger partial charge in [-0.15, -0.1) is 0 Å². The third kappa shape index (κ3) is 4.62. The van der Waals surface area contributed by atoms with Crippen LogP contribution in [0.2, 0.25) is 0 Å². The van der Waals surface area contributed by atoms with Crippen LogP contribution in [0.1, 0.15) is 60.2 Å². The molecule has 7 heteroatoms. The molecule has 3 rings (SSSR count).